The van der Waals surface area contributed by atoms with Crippen LogP contribution in [0.1, 0.15) is 39.5 Å². The van der Waals surface area contributed by atoms with E-state index in [9.17, 15) is 5.11 Å². The fourth-order valence-corrected chi connectivity index (χ4v) is 3.42. The van der Waals surface area contributed by atoms with E-state index in [0.29, 0.717) is 5.92 Å². The molecule has 0 spiro atoms. The fourth-order valence-electron chi connectivity index (χ4n) is 3.42. The van der Waals surface area contributed by atoms with Crippen LogP contribution in [0.5, 0.6) is 0 Å². The third-order valence-electron chi connectivity index (χ3n) is 4.56. The van der Waals surface area contributed by atoms with Gasteiger partial charge in [-0.1, -0.05) is 20.3 Å². The molecule has 0 aromatic rings. The van der Waals surface area contributed by atoms with Gasteiger partial charge in [0.15, 0.2) is 0 Å². The van der Waals surface area contributed by atoms with Crippen molar-refractivity contribution in [3.8, 4) is 0 Å². The Morgan fingerprint density at radius 3 is 2.50 bits per heavy atom. The lowest BCUT2D eigenvalue weighted by atomic mass is 9.72. The van der Waals surface area contributed by atoms with Crippen LogP contribution >= 0.6 is 0 Å². The highest BCUT2D eigenvalue weighted by Gasteiger charge is 2.45. The smallest absolute Gasteiger partial charge is 0.0497 e. The van der Waals surface area contributed by atoms with E-state index in [2.05, 4.69) is 13.8 Å². The van der Waals surface area contributed by atoms with Crippen molar-refractivity contribution in [2.75, 3.05) is 6.61 Å². The number of hydrogen-bond acceptors (Lipinski definition) is 2. The molecular weight excluding hydrogens is 174 g/mol. The topological polar surface area (TPSA) is 46.2 Å². The summed E-state index contributed by atoms with van der Waals surface area (Å²) < 4.78 is 0. The summed E-state index contributed by atoms with van der Waals surface area (Å²) in [6.45, 7) is 4.38. The Hall–Kier alpha value is -0.0800. The van der Waals surface area contributed by atoms with Crippen molar-refractivity contribution in [2.45, 2.75) is 45.6 Å². The monoisotopic (exact) mass is 197 g/mol. The second-order valence-corrected chi connectivity index (χ2v) is 6.01. The second-order valence-electron chi connectivity index (χ2n) is 6.01. The molecule has 82 valence electrons. The molecule has 0 aliphatic heterocycles. The Kier molecular flexibility index (Phi) is 2.61. The van der Waals surface area contributed by atoms with Crippen molar-refractivity contribution in [3.63, 3.8) is 0 Å². The minimum absolute atomic E-state index is 0.102. The maximum Gasteiger partial charge on any atom is 0.0497 e. The van der Waals surface area contributed by atoms with Gasteiger partial charge in [-0.25, -0.2) is 0 Å². The van der Waals surface area contributed by atoms with E-state index in [-0.39, 0.29) is 18.1 Å². The van der Waals surface area contributed by atoms with Crippen molar-refractivity contribution in [1.29, 1.82) is 0 Å². The lowest BCUT2D eigenvalue weighted by molar-refractivity contribution is 0.0876. The summed E-state index contributed by atoms with van der Waals surface area (Å²) in [7, 11) is 0. The minimum atomic E-state index is -0.102. The van der Waals surface area contributed by atoms with Gasteiger partial charge >= 0.3 is 0 Å². The van der Waals surface area contributed by atoms with E-state index >= 15 is 0 Å². The van der Waals surface area contributed by atoms with Crippen LogP contribution in [-0.2, 0) is 0 Å². The molecule has 2 fully saturated rings. The summed E-state index contributed by atoms with van der Waals surface area (Å²) in [5.41, 5.74) is 6.19. The summed E-state index contributed by atoms with van der Waals surface area (Å²) in [6, 6.07) is 0.183. The minimum Gasteiger partial charge on any atom is -0.396 e. The lowest BCUT2D eigenvalue weighted by Crippen LogP contribution is -2.47. The van der Waals surface area contributed by atoms with Gasteiger partial charge in [0.2, 0.25) is 0 Å². The normalized spacial score (nSPS) is 39.0. The van der Waals surface area contributed by atoms with Gasteiger partial charge in [0.1, 0.15) is 0 Å². The molecule has 2 saturated carbocycles. The molecule has 0 radical (unpaired) electrons. The van der Waals surface area contributed by atoms with E-state index in [1.807, 2.05) is 0 Å². The van der Waals surface area contributed by atoms with Gasteiger partial charge in [0.25, 0.3) is 0 Å². The molecule has 2 aliphatic rings. The van der Waals surface area contributed by atoms with Crippen molar-refractivity contribution in [3.05, 3.63) is 0 Å². The van der Waals surface area contributed by atoms with Crippen molar-refractivity contribution in [2.24, 2.45) is 28.9 Å². The van der Waals surface area contributed by atoms with Crippen LogP contribution in [0.25, 0.3) is 0 Å². The molecule has 2 bridgehead atoms. The van der Waals surface area contributed by atoms with Crippen LogP contribution in [0.2, 0.25) is 0 Å². The first kappa shape index (κ1) is 10.4. The molecule has 0 heterocycles. The molecule has 0 aromatic carbocycles. The summed E-state index contributed by atoms with van der Waals surface area (Å²) in [6.07, 6.45) is 5.52. The third-order valence-corrected chi connectivity index (χ3v) is 4.56. The van der Waals surface area contributed by atoms with Gasteiger partial charge < -0.3 is 10.8 Å². The predicted molar refractivity (Wildman–Crippen MR) is 57.8 cm³/mol. The second kappa shape index (κ2) is 3.49. The van der Waals surface area contributed by atoms with E-state index in [1.54, 1.807) is 0 Å². The quantitative estimate of drug-likeness (QED) is 0.724. The average molecular weight is 197 g/mol. The van der Waals surface area contributed by atoms with Crippen molar-refractivity contribution >= 4 is 0 Å². The Bertz CT molecular complexity index is 214. The molecule has 2 nitrogen and oxygen atoms in total. The molecule has 4 atom stereocenters. The molecule has 2 rings (SSSR count). The number of nitrogens with two attached hydrogens (primary N) is 1. The summed E-state index contributed by atoms with van der Waals surface area (Å²) in [4.78, 5) is 0. The highest BCUT2D eigenvalue weighted by atomic mass is 16.3. The van der Waals surface area contributed by atoms with Gasteiger partial charge in [0.05, 0.1) is 0 Å². The van der Waals surface area contributed by atoms with Gasteiger partial charge in [-0.2, -0.15) is 0 Å². The molecule has 2 heteroatoms. The van der Waals surface area contributed by atoms with Crippen molar-refractivity contribution < 1.29 is 5.11 Å². The van der Waals surface area contributed by atoms with Gasteiger partial charge in [-0.3, -0.25) is 0 Å². The first-order valence-corrected chi connectivity index (χ1v) is 5.91. The highest BCUT2D eigenvalue weighted by molar-refractivity contribution is 4.98. The van der Waals surface area contributed by atoms with E-state index in [1.165, 1.54) is 25.7 Å². The van der Waals surface area contributed by atoms with Crippen LogP contribution in [0.4, 0.5) is 0 Å². The molecule has 3 N–H and O–H groups in total. The first-order chi connectivity index (χ1) is 6.54. The summed E-state index contributed by atoms with van der Waals surface area (Å²) in [5, 5.41) is 9.31. The lowest BCUT2D eigenvalue weighted by Gasteiger charge is -2.37. The predicted octanol–water partition coefficient (Wildman–Crippen LogP) is 1.77. The Morgan fingerprint density at radius 1 is 1.36 bits per heavy atom. The maximum absolute atomic E-state index is 9.31. The molecule has 0 saturated heterocycles. The first-order valence-electron chi connectivity index (χ1n) is 5.91. The van der Waals surface area contributed by atoms with Crippen molar-refractivity contribution in [1.82, 2.24) is 0 Å². The Labute approximate surface area is 86.9 Å². The fraction of sp³-hybridized carbons (Fsp3) is 1.00. The van der Waals surface area contributed by atoms with E-state index < -0.39 is 0 Å². The molecule has 0 amide bonds. The van der Waals surface area contributed by atoms with Gasteiger partial charge in [-0.05, 0) is 37.0 Å². The average Bonchev–Trinajstić information content (AvgIpc) is 2.77. The number of aliphatic hydroxyl groups is 1. The maximum atomic E-state index is 9.31. The molecular formula is C12H23NO. The third kappa shape index (κ3) is 1.59. The number of fused-ring (bicyclic) bond motifs is 2. The number of rotatable bonds is 3. The molecule has 4 unspecified atom stereocenters. The van der Waals surface area contributed by atoms with Gasteiger partial charge in [0, 0.05) is 18.1 Å². The number of aliphatic hydroxyl groups excluding tert-OH is 1. The van der Waals surface area contributed by atoms with Gasteiger partial charge in [-0.15, -0.1) is 0 Å². The SMILES string of the molecule is CC(C)(CO)C(N)C1CC2CCC1C2. The largest absolute Gasteiger partial charge is 0.396 e. The number of hydrogen-bond donors (Lipinski definition) is 2. The zero-order chi connectivity index (χ0) is 10.3. The Morgan fingerprint density at radius 2 is 2.07 bits per heavy atom. The van der Waals surface area contributed by atoms with Crippen LogP contribution in [0, 0.1) is 23.2 Å². The summed E-state index contributed by atoms with van der Waals surface area (Å²) >= 11 is 0. The standard InChI is InChI=1S/C12H23NO/c1-12(2,7-14)11(13)10-6-8-3-4-9(10)5-8/h8-11,14H,3-7,13H2,1-2H3. The molecule has 2 aliphatic carbocycles. The van der Waals surface area contributed by atoms with E-state index in [4.69, 9.17) is 5.73 Å². The zero-order valence-electron chi connectivity index (χ0n) is 9.37. The van der Waals surface area contributed by atoms with Crippen LogP contribution in [-0.4, -0.2) is 17.8 Å². The van der Waals surface area contributed by atoms with E-state index in [0.717, 1.165) is 11.8 Å². The molecule has 0 aromatic heterocycles. The Balaban J connectivity index is 2.02. The zero-order valence-corrected chi connectivity index (χ0v) is 9.37. The molecule has 14 heavy (non-hydrogen) atoms. The van der Waals surface area contributed by atoms with Crippen LogP contribution in [0.3, 0.4) is 0 Å². The van der Waals surface area contributed by atoms with Crippen LogP contribution in [0.15, 0.2) is 0 Å². The highest BCUT2D eigenvalue weighted by Crippen LogP contribution is 2.51. The van der Waals surface area contributed by atoms with Crippen LogP contribution < -0.4 is 5.73 Å². The summed E-state index contributed by atoms with van der Waals surface area (Å²) in [5.74, 6) is 2.49.